The van der Waals surface area contributed by atoms with Gasteiger partial charge in [0.2, 0.25) is 0 Å². The van der Waals surface area contributed by atoms with Crippen LogP contribution in [-0.4, -0.2) is 87.4 Å². The Morgan fingerprint density at radius 1 is 1.28 bits per heavy atom. The van der Waals surface area contributed by atoms with E-state index in [1.54, 1.807) is 0 Å². The average Bonchev–Trinajstić information content (AvgIpc) is 3.15. The molecular weight excluding hydrogens is 334 g/mol. The lowest BCUT2D eigenvalue weighted by Crippen LogP contribution is -2.56. The molecular formula is C18H31N5OS. The van der Waals surface area contributed by atoms with Crippen molar-refractivity contribution in [1.29, 1.82) is 0 Å². The summed E-state index contributed by atoms with van der Waals surface area (Å²) in [5.41, 5.74) is 0.121. The number of hydrogen-bond acceptors (Lipinski definition) is 5. The number of aliphatic imine (C=N–C) groups is 1. The summed E-state index contributed by atoms with van der Waals surface area (Å²) in [5.74, 6) is 1.02. The zero-order valence-corrected chi connectivity index (χ0v) is 16.5. The number of guanidine groups is 1. The molecule has 0 saturated carbocycles. The molecule has 0 bridgehead atoms. The molecule has 3 heterocycles. The van der Waals surface area contributed by atoms with E-state index in [1.165, 1.54) is 5.00 Å². The number of ether oxygens (including phenoxy) is 1. The fraction of sp³-hybridized carbons (Fsp3) is 0.722. The van der Waals surface area contributed by atoms with Gasteiger partial charge in [0.15, 0.2) is 5.96 Å². The Morgan fingerprint density at radius 2 is 2.08 bits per heavy atom. The minimum Gasteiger partial charge on any atom is -0.378 e. The van der Waals surface area contributed by atoms with Crippen LogP contribution >= 0.6 is 11.3 Å². The smallest absolute Gasteiger partial charge is 0.193 e. The minimum atomic E-state index is 0.121. The van der Waals surface area contributed by atoms with Gasteiger partial charge in [0.1, 0.15) is 0 Å². The highest BCUT2D eigenvalue weighted by Gasteiger charge is 2.30. The van der Waals surface area contributed by atoms with Gasteiger partial charge < -0.3 is 19.9 Å². The van der Waals surface area contributed by atoms with Crippen molar-refractivity contribution >= 4 is 22.3 Å². The molecule has 0 aliphatic carbocycles. The van der Waals surface area contributed by atoms with E-state index >= 15 is 0 Å². The van der Waals surface area contributed by atoms with Crippen molar-refractivity contribution in [1.82, 2.24) is 15.1 Å². The lowest BCUT2D eigenvalue weighted by atomic mass is 10.0. The first-order chi connectivity index (χ1) is 12.1. The summed E-state index contributed by atoms with van der Waals surface area (Å²) in [6.45, 7) is 13.2. The second-order valence-corrected chi connectivity index (χ2v) is 8.18. The predicted molar refractivity (Wildman–Crippen MR) is 106 cm³/mol. The van der Waals surface area contributed by atoms with Crippen LogP contribution in [0.1, 0.15) is 13.8 Å². The zero-order chi connectivity index (χ0) is 17.7. The summed E-state index contributed by atoms with van der Waals surface area (Å²) in [6.07, 6.45) is 0. The molecule has 3 rings (SSSR count). The Labute approximate surface area is 155 Å². The molecule has 7 heteroatoms. The number of nitrogens with zero attached hydrogens (tertiary/aromatic N) is 4. The number of nitrogens with one attached hydrogen (secondary N) is 1. The summed E-state index contributed by atoms with van der Waals surface area (Å²) in [5, 5.41) is 7.07. The van der Waals surface area contributed by atoms with Crippen LogP contribution in [0.25, 0.3) is 0 Å². The Balaban J connectivity index is 1.44. The van der Waals surface area contributed by atoms with Crippen LogP contribution in [0.3, 0.4) is 0 Å². The van der Waals surface area contributed by atoms with Crippen molar-refractivity contribution < 1.29 is 4.74 Å². The first-order valence-electron chi connectivity index (χ1n) is 9.17. The third-order valence-corrected chi connectivity index (χ3v) is 6.02. The van der Waals surface area contributed by atoms with E-state index in [4.69, 9.17) is 4.74 Å². The first-order valence-corrected chi connectivity index (χ1v) is 10.0. The maximum Gasteiger partial charge on any atom is 0.193 e. The normalized spacial score (nSPS) is 22.3. The summed E-state index contributed by atoms with van der Waals surface area (Å²) >= 11 is 1.82. The number of piperazine rings is 1. The number of rotatable bonds is 4. The number of thiophene rings is 1. The third kappa shape index (κ3) is 4.65. The monoisotopic (exact) mass is 365 g/mol. The van der Waals surface area contributed by atoms with Crippen LogP contribution in [0.15, 0.2) is 22.5 Å². The largest absolute Gasteiger partial charge is 0.378 e. The molecule has 1 aromatic heterocycles. The topological polar surface area (TPSA) is 43.3 Å². The van der Waals surface area contributed by atoms with E-state index in [2.05, 4.69) is 56.4 Å². The molecule has 25 heavy (non-hydrogen) atoms. The number of hydrogen-bond donors (Lipinski definition) is 1. The van der Waals surface area contributed by atoms with E-state index in [0.717, 1.165) is 65.0 Å². The van der Waals surface area contributed by atoms with Gasteiger partial charge in [-0.15, -0.1) is 11.3 Å². The van der Waals surface area contributed by atoms with Crippen molar-refractivity contribution in [2.75, 3.05) is 71.0 Å². The standard InChI is InChI=1S/C18H31N5OS/c1-18(2)15-24-13-12-23(18)7-6-20-17(19-3)22-10-8-21(9-11-22)16-5-4-14-25-16/h4-5,14H,6-13,15H2,1-3H3,(H,19,20). The van der Waals surface area contributed by atoms with E-state index in [1.807, 2.05) is 18.4 Å². The molecule has 1 N–H and O–H groups in total. The van der Waals surface area contributed by atoms with Crippen LogP contribution in [0.2, 0.25) is 0 Å². The summed E-state index contributed by atoms with van der Waals surface area (Å²) in [4.78, 5) is 11.8. The van der Waals surface area contributed by atoms with Gasteiger partial charge in [-0.2, -0.15) is 0 Å². The maximum atomic E-state index is 5.60. The minimum absolute atomic E-state index is 0.121. The Bertz CT molecular complexity index is 552. The Kier molecular flexibility index (Phi) is 6.19. The highest BCUT2D eigenvalue weighted by atomic mass is 32.1. The fourth-order valence-electron chi connectivity index (χ4n) is 3.53. The van der Waals surface area contributed by atoms with Gasteiger partial charge >= 0.3 is 0 Å². The lowest BCUT2D eigenvalue weighted by Gasteiger charge is -2.42. The summed E-state index contributed by atoms with van der Waals surface area (Å²) in [6, 6.07) is 4.33. The van der Waals surface area contributed by atoms with Crippen LogP contribution in [0.5, 0.6) is 0 Å². The van der Waals surface area contributed by atoms with Crippen LogP contribution in [0.4, 0.5) is 5.00 Å². The highest BCUT2D eigenvalue weighted by molar-refractivity contribution is 7.14. The molecule has 2 saturated heterocycles. The fourth-order valence-corrected chi connectivity index (χ4v) is 4.31. The number of morpholine rings is 1. The molecule has 6 nitrogen and oxygen atoms in total. The lowest BCUT2D eigenvalue weighted by molar-refractivity contribution is -0.0496. The van der Waals surface area contributed by atoms with Crippen molar-refractivity contribution in [2.24, 2.45) is 4.99 Å². The molecule has 1 aromatic rings. The Morgan fingerprint density at radius 3 is 2.72 bits per heavy atom. The number of anilines is 1. The van der Waals surface area contributed by atoms with Crippen molar-refractivity contribution in [3.05, 3.63) is 17.5 Å². The van der Waals surface area contributed by atoms with Gasteiger partial charge in [-0.05, 0) is 31.4 Å². The van der Waals surface area contributed by atoms with Crippen LogP contribution in [0, 0.1) is 0 Å². The van der Waals surface area contributed by atoms with Crippen LogP contribution in [-0.2, 0) is 4.74 Å². The van der Waals surface area contributed by atoms with Gasteiger partial charge in [0, 0.05) is 58.4 Å². The second kappa shape index (κ2) is 8.38. The third-order valence-electron chi connectivity index (χ3n) is 5.09. The molecule has 0 radical (unpaired) electrons. The van der Waals surface area contributed by atoms with E-state index in [0.29, 0.717) is 0 Å². The molecule has 0 atom stereocenters. The first kappa shape index (κ1) is 18.5. The molecule has 0 amide bonds. The van der Waals surface area contributed by atoms with Crippen molar-refractivity contribution in [3.8, 4) is 0 Å². The SMILES string of the molecule is CN=C(NCCN1CCOCC1(C)C)N1CCN(c2cccs2)CC1. The van der Waals surface area contributed by atoms with Gasteiger partial charge in [-0.25, -0.2) is 0 Å². The van der Waals surface area contributed by atoms with Gasteiger partial charge in [-0.1, -0.05) is 0 Å². The van der Waals surface area contributed by atoms with Gasteiger partial charge in [-0.3, -0.25) is 9.89 Å². The van der Waals surface area contributed by atoms with Gasteiger partial charge in [0.05, 0.1) is 18.2 Å². The molecule has 2 aliphatic rings. The average molecular weight is 366 g/mol. The summed E-state index contributed by atoms with van der Waals surface area (Å²) in [7, 11) is 1.88. The van der Waals surface area contributed by atoms with Crippen molar-refractivity contribution in [2.45, 2.75) is 19.4 Å². The molecule has 2 aliphatic heterocycles. The zero-order valence-electron chi connectivity index (χ0n) is 15.7. The second-order valence-electron chi connectivity index (χ2n) is 7.25. The van der Waals surface area contributed by atoms with Gasteiger partial charge in [0.25, 0.3) is 0 Å². The maximum absolute atomic E-state index is 5.60. The molecule has 0 unspecified atom stereocenters. The van der Waals surface area contributed by atoms with E-state index in [9.17, 15) is 0 Å². The molecule has 0 aromatic carbocycles. The van der Waals surface area contributed by atoms with Crippen LogP contribution < -0.4 is 10.2 Å². The quantitative estimate of drug-likeness (QED) is 0.648. The predicted octanol–water partition coefficient (Wildman–Crippen LogP) is 1.56. The summed E-state index contributed by atoms with van der Waals surface area (Å²) < 4.78 is 5.60. The highest BCUT2D eigenvalue weighted by Crippen LogP contribution is 2.22. The Hall–Kier alpha value is -1.31. The molecule has 0 spiro atoms. The van der Waals surface area contributed by atoms with Crippen molar-refractivity contribution in [3.63, 3.8) is 0 Å². The molecule has 140 valence electrons. The van der Waals surface area contributed by atoms with E-state index < -0.39 is 0 Å². The molecule has 2 fully saturated rings. The van der Waals surface area contributed by atoms with E-state index in [-0.39, 0.29) is 5.54 Å².